The van der Waals surface area contributed by atoms with Crippen LogP contribution in [0.1, 0.15) is 44.1 Å². The fraction of sp³-hybridized carbons (Fsp3) is 0.300. The van der Waals surface area contributed by atoms with E-state index in [0.717, 1.165) is 34.6 Å². The van der Waals surface area contributed by atoms with Gasteiger partial charge in [0.1, 0.15) is 11.8 Å². The van der Waals surface area contributed by atoms with Crippen LogP contribution in [-0.2, 0) is 27.1 Å². The number of hydrogen-bond acceptors (Lipinski definition) is 6. The summed E-state index contributed by atoms with van der Waals surface area (Å²) >= 11 is 0. The van der Waals surface area contributed by atoms with Crippen LogP contribution in [0.3, 0.4) is 0 Å². The minimum Gasteiger partial charge on any atom is -0.498 e. The molecule has 0 radical (unpaired) electrons. The predicted octanol–water partition coefficient (Wildman–Crippen LogP) is 5.76. The highest BCUT2D eigenvalue weighted by Crippen LogP contribution is 2.30. The van der Waals surface area contributed by atoms with E-state index in [-0.39, 0.29) is 18.9 Å². The molecule has 4 aromatic rings. The first kappa shape index (κ1) is 24.6. The number of aromatic nitrogens is 3. The topological polar surface area (TPSA) is 75.0 Å². The second kappa shape index (κ2) is 10.5. The molecule has 0 bridgehead atoms. The largest absolute Gasteiger partial charge is 0.498 e. The first-order chi connectivity index (χ1) is 17.9. The Hall–Kier alpha value is -4.13. The van der Waals surface area contributed by atoms with Crippen LogP contribution in [0.5, 0.6) is 5.88 Å². The zero-order chi connectivity index (χ0) is 25.8. The minimum atomic E-state index is -0.623. The molecule has 0 aliphatic carbocycles. The fourth-order valence-corrected chi connectivity index (χ4v) is 4.21. The minimum absolute atomic E-state index is 0.0245. The van der Waals surface area contributed by atoms with Gasteiger partial charge in [-0.3, -0.25) is 9.20 Å². The Morgan fingerprint density at radius 3 is 2.43 bits per heavy atom. The number of imidazole rings is 1. The van der Waals surface area contributed by atoms with E-state index in [4.69, 9.17) is 24.2 Å². The van der Waals surface area contributed by atoms with Crippen molar-refractivity contribution in [1.82, 2.24) is 14.4 Å². The molecular formula is C30H31N3O4. The van der Waals surface area contributed by atoms with Crippen LogP contribution in [0.2, 0.25) is 0 Å². The van der Waals surface area contributed by atoms with Gasteiger partial charge in [-0.2, -0.15) is 0 Å². The van der Waals surface area contributed by atoms with Crippen molar-refractivity contribution in [2.45, 2.75) is 46.1 Å². The van der Waals surface area contributed by atoms with Gasteiger partial charge in [0, 0.05) is 31.0 Å². The number of carbonyl (C=O) groups is 1. The Balaban J connectivity index is 1.58. The van der Waals surface area contributed by atoms with Gasteiger partial charge in [-0.1, -0.05) is 60.7 Å². The molecule has 0 N–H and O–H groups in total. The molecule has 37 heavy (non-hydrogen) atoms. The summed E-state index contributed by atoms with van der Waals surface area (Å²) in [6.45, 7) is 5.23. The molecule has 1 unspecified atom stereocenters. The number of rotatable bonds is 8. The summed E-state index contributed by atoms with van der Waals surface area (Å²) in [6.07, 6.45) is 7.61. The van der Waals surface area contributed by atoms with Crippen LogP contribution >= 0.6 is 0 Å². The lowest BCUT2D eigenvalue weighted by molar-refractivity contribution is -0.159. The van der Waals surface area contributed by atoms with Gasteiger partial charge >= 0.3 is 5.97 Å². The van der Waals surface area contributed by atoms with Crippen molar-refractivity contribution in [3.63, 3.8) is 0 Å². The zero-order valence-corrected chi connectivity index (χ0v) is 21.4. The van der Waals surface area contributed by atoms with E-state index in [1.54, 1.807) is 6.26 Å². The lowest BCUT2D eigenvalue weighted by atomic mass is 9.98. The van der Waals surface area contributed by atoms with Crippen LogP contribution in [0.25, 0.3) is 16.9 Å². The highest BCUT2D eigenvalue weighted by molar-refractivity contribution is 5.75. The summed E-state index contributed by atoms with van der Waals surface area (Å²) in [5.41, 5.74) is 4.59. The molecule has 0 fully saturated rings. The smallest absolute Gasteiger partial charge is 0.314 e. The average Bonchev–Trinajstić information content (AvgIpc) is 3.53. The number of fused-ring (bicyclic) bond motifs is 1. The van der Waals surface area contributed by atoms with Gasteiger partial charge in [0.2, 0.25) is 12.7 Å². The van der Waals surface area contributed by atoms with Crippen LogP contribution in [0, 0.1) is 5.41 Å². The summed E-state index contributed by atoms with van der Waals surface area (Å²) in [6, 6.07) is 20.2. The molecule has 2 aromatic carbocycles. The molecule has 7 heteroatoms. The van der Waals surface area contributed by atoms with E-state index in [2.05, 4.69) is 12.1 Å². The maximum Gasteiger partial charge on any atom is 0.314 e. The van der Waals surface area contributed by atoms with E-state index in [1.807, 2.05) is 86.0 Å². The maximum absolute atomic E-state index is 12.4. The summed E-state index contributed by atoms with van der Waals surface area (Å²) < 4.78 is 19.2. The molecule has 190 valence electrons. The Bertz CT molecular complexity index is 1400. The van der Waals surface area contributed by atoms with Crippen LogP contribution < -0.4 is 4.74 Å². The van der Waals surface area contributed by atoms with E-state index in [1.165, 1.54) is 0 Å². The van der Waals surface area contributed by atoms with Crippen LogP contribution in [-0.4, -0.2) is 33.2 Å². The van der Waals surface area contributed by atoms with Crippen molar-refractivity contribution in [3.05, 3.63) is 96.1 Å². The molecule has 5 rings (SSSR count). The van der Waals surface area contributed by atoms with Gasteiger partial charge in [0.25, 0.3) is 0 Å². The van der Waals surface area contributed by atoms with Crippen molar-refractivity contribution in [2.75, 3.05) is 6.79 Å². The lowest BCUT2D eigenvalue weighted by Crippen LogP contribution is -2.25. The van der Waals surface area contributed by atoms with Gasteiger partial charge in [0.15, 0.2) is 5.65 Å². The molecule has 2 aromatic heterocycles. The molecule has 1 aliphatic heterocycles. The number of hydrogen-bond donors (Lipinski definition) is 0. The summed E-state index contributed by atoms with van der Waals surface area (Å²) in [7, 11) is 0. The molecule has 0 spiro atoms. The molecule has 7 nitrogen and oxygen atoms in total. The second-order valence-corrected chi connectivity index (χ2v) is 10.2. The Morgan fingerprint density at radius 1 is 1.03 bits per heavy atom. The van der Waals surface area contributed by atoms with E-state index in [9.17, 15) is 4.79 Å². The van der Waals surface area contributed by atoms with E-state index >= 15 is 0 Å². The Labute approximate surface area is 216 Å². The summed E-state index contributed by atoms with van der Waals surface area (Å²) in [4.78, 5) is 22.4. The Morgan fingerprint density at radius 2 is 1.76 bits per heavy atom. The molecule has 0 amide bonds. The van der Waals surface area contributed by atoms with Crippen LogP contribution in [0.4, 0.5) is 0 Å². The molecule has 1 aliphatic rings. The lowest BCUT2D eigenvalue weighted by Gasteiger charge is -2.17. The van der Waals surface area contributed by atoms with Gasteiger partial charge < -0.3 is 14.2 Å². The van der Waals surface area contributed by atoms with Crippen molar-refractivity contribution < 1.29 is 19.0 Å². The van der Waals surface area contributed by atoms with Gasteiger partial charge in [-0.25, -0.2) is 9.97 Å². The van der Waals surface area contributed by atoms with Gasteiger partial charge in [-0.15, -0.1) is 0 Å². The third-order valence-corrected chi connectivity index (χ3v) is 6.17. The van der Waals surface area contributed by atoms with E-state index in [0.29, 0.717) is 24.4 Å². The highest BCUT2D eigenvalue weighted by Gasteiger charge is 2.26. The third-order valence-electron chi connectivity index (χ3n) is 6.17. The van der Waals surface area contributed by atoms with E-state index < -0.39 is 5.41 Å². The normalized spacial score (nSPS) is 15.1. The van der Waals surface area contributed by atoms with Gasteiger partial charge in [0.05, 0.1) is 23.1 Å². The van der Waals surface area contributed by atoms with Crippen molar-refractivity contribution in [2.24, 2.45) is 5.41 Å². The van der Waals surface area contributed by atoms with Gasteiger partial charge in [-0.05, 0) is 32.4 Å². The molecule has 0 saturated carbocycles. The average molecular weight is 498 g/mol. The highest BCUT2D eigenvalue weighted by atomic mass is 16.7. The van der Waals surface area contributed by atoms with Crippen molar-refractivity contribution in [3.8, 4) is 17.1 Å². The SMILES string of the molecule is CC(C)(C)C(=O)OCOc1c(CC2CC=CO2)nc2c(Cc3ccccc3)nc(-c3ccccc3)cn12. The predicted molar refractivity (Wildman–Crippen MR) is 141 cm³/mol. The van der Waals surface area contributed by atoms with Crippen molar-refractivity contribution in [1.29, 1.82) is 0 Å². The number of nitrogens with zero attached hydrogens (tertiary/aromatic N) is 3. The number of carbonyl (C=O) groups excluding carboxylic acids is 1. The molecule has 3 heterocycles. The summed E-state index contributed by atoms with van der Waals surface area (Å²) in [5.74, 6) is 0.198. The fourth-order valence-electron chi connectivity index (χ4n) is 4.21. The molecular weight excluding hydrogens is 466 g/mol. The molecule has 0 saturated heterocycles. The monoisotopic (exact) mass is 497 g/mol. The zero-order valence-electron chi connectivity index (χ0n) is 21.4. The number of benzene rings is 2. The second-order valence-electron chi connectivity index (χ2n) is 10.2. The van der Waals surface area contributed by atoms with Crippen molar-refractivity contribution >= 4 is 11.6 Å². The standard InChI is InChI=1S/C30H31N3O4/c1-30(2,3)29(34)37-20-36-28-25(18-23-15-10-16-35-23)32-27-24(17-21-11-6-4-7-12-21)31-26(19-33(27)28)22-13-8-5-9-14-22/h4-14,16,19,23H,15,17-18,20H2,1-3H3. The first-order valence-electron chi connectivity index (χ1n) is 12.5. The third kappa shape index (κ3) is 5.66. The summed E-state index contributed by atoms with van der Waals surface area (Å²) in [5, 5.41) is 0. The van der Waals surface area contributed by atoms with Crippen LogP contribution in [0.15, 0.2) is 79.2 Å². The number of ether oxygens (including phenoxy) is 3. The Kier molecular flexibility index (Phi) is 6.95. The maximum atomic E-state index is 12.4. The first-order valence-corrected chi connectivity index (χ1v) is 12.5. The number of esters is 1. The molecule has 1 atom stereocenters. The quantitative estimate of drug-likeness (QED) is 0.228.